The molecule has 1 aromatic rings. The zero-order valence-corrected chi connectivity index (χ0v) is 11.4. The molecule has 3 atom stereocenters. The highest BCUT2D eigenvalue weighted by molar-refractivity contribution is 7.71. The monoisotopic (exact) mass is 244 g/mol. The summed E-state index contributed by atoms with van der Waals surface area (Å²) in [5.74, 6) is 0.644. The maximum absolute atomic E-state index is 12.4. The molecule has 1 aromatic carbocycles. The Balaban J connectivity index is 0.000000531. The topological polar surface area (TPSA) is 34.1 Å². The first-order valence-electron chi connectivity index (χ1n) is 5.13. The lowest BCUT2D eigenvalue weighted by Gasteiger charge is -2.10. The smallest absolute Gasteiger partial charge is 0.115 e. The van der Waals surface area contributed by atoms with Gasteiger partial charge in [-0.3, -0.25) is 0 Å². The summed E-state index contributed by atoms with van der Waals surface area (Å²) in [6.45, 7) is 2.20. The van der Waals surface area contributed by atoms with Gasteiger partial charge in [-0.25, -0.2) is 0 Å². The Labute approximate surface area is 93.1 Å². The molecule has 2 nitrogen and oxygen atoms in total. The summed E-state index contributed by atoms with van der Waals surface area (Å²) in [5, 5.41) is 1.08. The van der Waals surface area contributed by atoms with Crippen molar-refractivity contribution in [1.29, 1.82) is 0 Å². The van der Waals surface area contributed by atoms with Crippen LogP contribution in [-0.4, -0.2) is 12.3 Å². The van der Waals surface area contributed by atoms with Crippen molar-refractivity contribution in [3.63, 3.8) is 0 Å². The first kappa shape index (κ1) is 12.7. The minimum atomic E-state index is -1.98. The molecule has 0 aromatic heterocycles. The van der Waals surface area contributed by atoms with Gasteiger partial charge in [-0.2, -0.15) is 0 Å². The summed E-state index contributed by atoms with van der Waals surface area (Å²) in [6.07, 6.45) is 2.96. The van der Waals surface area contributed by atoms with Gasteiger partial charge in [0.1, 0.15) is 7.14 Å². The molecule has 0 N–H and O–H groups in total. The fourth-order valence-electron chi connectivity index (χ4n) is 2.05. The lowest BCUT2D eigenvalue weighted by Crippen LogP contribution is -2.05. The largest absolute Gasteiger partial charge is 0.333 e. The van der Waals surface area contributed by atoms with Crippen LogP contribution in [0.25, 0.3) is 0 Å². The van der Waals surface area contributed by atoms with Gasteiger partial charge in [-0.15, -0.1) is 0 Å². The molecule has 3 unspecified atom stereocenters. The second-order valence-corrected chi connectivity index (χ2v) is 7.13. The van der Waals surface area contributed by atoms with Crippen LogP contribution in [0, 0.1) is 5.92 Å². The van der Waals surface area contributed by atoms with Crippen LogP contribution in [-0.2, 0) is 9.13 Å². The normalized spacial score (nSPS) is 29.5. The van der Waals surface area contributed by atoms with Crippen LogP contribution in [0.1, 0.15) is 13.3 Å². The third kappa shape index (κ3) is 3.06. The van der Waals surface area contributed by atoms with Crippen LogP contribution in [0.2, 0.25) is 0 Å². The first-order valence-corrected chi connectivity index (χ1v) is 7.79. The fraction of sp³-hybridized carbons (Fsp3) is 0.455. The van der Waals surface area contributed by atoms with Gasteiger partial charge in [0.2, 0.25) is 0 Å². The Morgan fingerprint density at radius 3 is 2.33 bits per heavy atom. The van der Waals surface area contributed by atoms with Gasteiger partial charge in [0.25, 0.3) is 0 Å². The van der Waals surface area contributed by atoms with E-state index in [0.717, 1.165) is 24.0 Å². The van der Waals surface area contributed by atoms with E-state index in [1.165, 1.54) is 0 Å². The molecular weight excluding hydrogens is 226 g/mol. The molecule has 0 spiro atoms. The lowest BCUT2D eigenvalue weighted by molar-refractivity contribution is 0.583. The maximum Gasteiger partial charge on any atom is 0.115 e. The molecule has 1 aliphatic rings. The molecule has 4 heteroatoms. The van der Waals surface area contributed by atoms with E-state index in [9.17, 15) is 4.57 Å². The van der Waals surface area contributed by atoms with Crippen molar-refractivity contribution in [2.45, 2.75) is 13.3 Å². The van der Waals surface area contributed by atoms with Crippen LogP contribution in [0.5, 0.6) is 0 Å². The molecular formula is C11H18O2P2. The second-order valence-electron chi connectivity index (χ2n) is 4.02. The van der Waals surface area contributed by atoms with E-state index in [1.807, 2.05) is 30.3 Å². The minimum Gasteiger partial charge on any atom is -0.333 e. The zero-order chi connectivity index (χ0) is 11.3. The van der Waals surface area contributed by atoms with Gasteiger partial charge in [0.05, 0.1) is 9.12 Å². The van der Waals surface area contributed by atoms with Gasteiger partial charge in [-0.05, 0) is 12.3 Å². The summed E-state index contributed by atoms with van der Waals surface area (Å²) in [5.41, 5.74) is 0. The maximum atomic E-state index is 12.4. The van der Waals surface area contributed by atoms with Gasteiger partial charge in [0, 0.05) is 17.6 Å². The van der Waals surface area contributed by atoms with Gasteiger partial charge >= 0.3 is 0 Å². The number of benzene rings is 1. The molecule has 2 rings (SSSR count). The van der Waals surface area contributed by atoms with Crippen molar-refractivity contribution in [1.82, 2.24) is 0 Å². The van der Waals surface area contributed by atoms with Gasteiger partial charge in [-0.1, -0.05) is 37.3 Å². The molecule has 0 amide bonds. The molecule has 1 saturated heterocycles. The number of hydrogen-bond acceptors (Lipinski definition) is 2. The van der Waals surface area contributed by atoms with E-state index in [4.69, 9.17) is 4.57 Å². The Bertz CT molecular complexity index is 351. The standard InChI is InChI=1S/C11H15OP.H3OP/c1-10-7-8-13(12,9-10)11-5-3-2-4-6-11;1-2/h2-6,10H,7-9H2,1H3;2H3. The quantitative estimate of drug-likeness (QED) is 0.712. The first-order chi connectivity index (χ1) is 7.21. The fourth-order valence-corrected chi connectivity index (χ4v) is 5.46. The molecule has 0 bridgehead atoms. The molecule has 15 heavy (non-hydrogen) atoms. The Kier molecular flexibility index (Phi) is 4.83. The van der Waals surface area contributed by atoms with Crippen molar-refractivity contribution in [2.75, 3.05) is 12.3 Å². The minimum absolute atomic E-state index is 0.611. The average Bonchev–Trinajstić information content (AvgIpc) is 2.64. The van der Waals surface area contributed by atoms with Crippen LogP contribution >= 0.6 is 16.3 Å². The molecule has 1 heterocycles. The van der Waals surface area contributed by atoms with E-state index in [1.54, 1.807) is 0 Å². The van der Waals surface area contributed by atoms with Crippen molar-refractivity contribution in [3.8, 4) is 0 Å². The molecule has 0 saturated carbocycles. The molecule has 0 aliphatic carbocycles. The Morgan fingerprint density at radius 1 is 1.27 bits per heavy atom. The van der Waals surface area contributed by atoms with Crippen LogP contribution in [0.3, 0.4) is 0 Å². The summed E-state index contributed by atoms with van der Waals surface area (Å²) < 4.78 is 20.7. The number of rotatable bonds is 1. The number of hydrogen-bond donors (Lipinski definition) is 0. The van der Waals surface area contributed by atoms with Crippen molar-refractivity contribution in [2.24, 2.45) is 5.92 Å². The second kappa shape index (κ2) is 5.68. The molecule has 84 valence electrons. The summed E-state index contributed by atoms with van der Waals surface area (Å²) >= 11 is 0. The third-order valence-electron chi connectivity index (χ3n) is 2.82. The van der Waals surface area contributed by atoms with Crippen molar-refractivity contribution in [3.05, 3.63) is 30.3 Å². The highest BCUT2D eigenvalue weighted by Crippen LogP contribution is 2.52. The summed E-state index contributed by atoms with van der Waals surface area (Å²) in [6, 6.07) is 9.97. The van der Waals surface area contributed by atoms with Gasteiger partial charge < -0.3 is 9.13 Å². The molecule has 1 fully saturated rings. The molecule has 1 aliphatic heterocycles. The van der Waals surface area contributed by atoms with Crippen molar-refractivity contribution >= 4 is 21.6 Å². The third-order valence-corrected chi connectivity index (χ3v) is 6.25. The van der Waals surface area contributed by atoms with E-state index in [0.29, 0.717) is 15.0 Å². The SMILES string of the molecule is CC1CCP(=O)(c2ccccc2)C1.O=[PH3]. The predicted octanol–water partition coefficient (Wildman–Crippen LogP) is 2.65. The summed E-state index contributed by atoms with van der Waals surface area (Å²) in [4.78, 5) is 0. The summed E-state index contributed by atoms with van der Waals surface area (Å²) in [7, 11) is -1.37. The van der Waals surface area contributed by atoms with Gasteiger partial charge in [0.15, 0.2) is 0 Å². The lowest BCUT2D eigenvalue weighted by atomic mass is 10.2. The van der Waals surface area contributed by atoms with Crippen LogP contribution < -0.4 is 5.30 Å². The zero-order valence-electron chi connectivity index (χ0n) is 9.06. The molecule has 0 radical (unpaired) electrons. The predicted molar refractivity (Wildman–Crippen MR) is 69.0 cm³/mol. The van der Waals surface area contributed by atoms with Crippen LogP contribution in [0.4, 0.5) is 0 Å². The average molecular weight is 244 g/mol. The highest BCUT2D eigenvalue weighted by Gasteiger charge is 2.32. The van der Waals surface area contributed by atoms with E-state index >= 15 is 0 Å². The van der Waals surface area contributed by atoms with E-state index < -0.39 is 7.14 Å². The Morgan fingerprint density at radius 2 is 1.87 bits per heavy atom. The van der Waals surface area contributed by atoms with E-state index in [2.05, 4.69) is 6.92 Å². The van der Waals surface area contributed by atoms with Crippen LogP contribution in [0.15, 0.2) is 30.3 Å². The highest BCUT2D eigenvalue weighted by atomic mass is 31.2. The van der Waals surface area contributed by atoms with Crippen molar-refractivity contribution < 1.29 is 9.13 Å². The van der Waals surface area contributed by atoms with E-state index in [-0.39, 0.29) is 0 Å². The Hall–Kier alpha value is -0.320.